The summed E-state index contributed by atoms with van der Waals surface area (Å²) in [5.74, 6) is 0.445. The summed E-state index contributed by atoms with van der Waals surface area (Å²) in [5.41, 5.74) is 0. The van der Waals surface area contributed by atoms with Gasteiger partial charge in [0.25, 0.3) is 0 Å². The SMILES string of the molecule is COCC(C)CNCC(O)COC(C)COC. The van der Waals surface area contributed by atoms with Gasteiger partial charge >= 0.3 is 0 Å². The minimum atomic E-state index is -0.482. The molecule has 2 N–H and O–H groups in total. The van der Waals surface area contributed by atoms with Crippen LogP contribution in [0.5, 0.6) is 0 Å². The molecule has 0 rings (SSSR count). The zero-order valence-electron chi connectivity index (χ0n) is 11.4. The average molecular weight is 249 g/mol. The summed E-state index contributed by atoms with van der Waals surface area (Å²) in [6.07, 6.45) is -0.467. The molecule has 0 aliphatic carbocycles. The van der Waals surface area contributed by atoms with Gasteiger partial charge in [-0.2, -0.15) is 0 Å². The summed E-state index contributed by atoms with van der Waals surface area (Å²) in [5, 5.41) is 12.8. The molecule has 3 unspecified atom stereocenters. The van der Waals surface area contributed by atoms with Crippen molar-refractivity contribution in [2.24, 2.45) is 5.92 Å². The fourth-order valence-corrected chi connectivity index (χ4v) is 1.46. The summed E-state index contributed by atoms with van der Waals surface area (Å²) in [7, 11) is 3.32. The molecular weight excluding hydrogens is 222 g/mol. The molecule has 0 aliphatic rings. The monoisotopic (exact) mass is 249 g/mol. The lowest BCUT2D eigenvalue weighted by molar-refractivity contribution is -0.0312. The minimum absolute atomic E-state index is 0.0158. The quantitative estimate of drug-likeness (QED) is 0.550. The molecule has 0 spiro atoms. The van der Waals surface area contributed by atoms with Gasteiger partial charge in [-0.05, 0) is 19.4 Å². The van der Waals surface area contributed by atoms with Crippen LogP contribution in [0.1, 0.15) is 13.8 Å². The Bertz CT molecular complexity index is 169. The second-order valence-corrected chi connectivity index (χ2v) is 4.47. The van der Waals surface area contributed by atoms with E-state index in [0.717, 1.165) is 13.2 Å². The van der Waals surface area contributed by atoms with Crippen molar-refractivity contribution in [2.45, 2.75) is 26.1 Å². The summed E-state index contributed by atoms with van der Waals surface area (Å²) < 4.78 is 15.4. The van der Waals surface area contributed by atoms with Crippen LogP contribution in [0, 0.1) is 5.92 Å². The van der Waals surface area contributed by atoms with Crippen LogP contribution in [0.4, 0.5) is 0 Å². The number of rotatable bonds is 11. The molecule has 0 saturated carbocycles. The zero-order chi connectivity index (χ0) is 13.1. The molecule has 104 valence electrons. The second kappa shape index (κ2) is 10.9. The van der Waals surface area contributed by atoms with E-state index in [2.05, 4.69) is 12.2 Å². The Labute approximate surface area is 104 Å². The third-order valence-corrected chi connectivity index (χ3v) is 2.30. The minimum Gasteiger partial charge on any atom is -0.389 e. The largest absolute Gasteiger partial charge is 0.389 e. The van der Waals surface area contributed by atoms with Crippen molar-refractivity contribution < 1.29 is 19.3 Å². The lowest BCUT2D eigenvalue weighted by atomic mass is 10.2. The number of nitrogens with one attached hydrogen (secondary N) is 1. The van der Waals surface area contributed by atoms with Crippen LogP contribution >= 0.6 is 0 Å². The Morgan fingerprint density at radius 3 is 2.24 bits per heavy atom. The van der Waals surface area contributed by atoms with E-state index in [0.29, 0.717) is 25.7 Å². The van der Waals surface area contributed by atoms with Gasteiger partial charge in [0.05, 0.1) is 25.4 Å². The van der Waals surface area contributed by atoms with Crippen LogP contribution in [0.3, 0.4) is 0 Å². The van der Waals surface area contributed by atoms with Crippen LogP contribution in [0.15, 0.2) is 0 Å². The Morgan fingerprint density at radius 1 is 1.00 bits per heavy atom. The molecule has 5 heteroatoms. The van der Waals surface area contributed by atoms with E-state index >= 15 is 0 Å². The first kappa shape index (κ1) is 16.8. The topological polar surface area (TPSA) is 60.0 Å². The van der Waals surface area contributed by atoms with Gasteiger partial charge in [0.2, 0.25) is 0 Å². The molecule has 0 aromatic carbocycles. The molecule has 0 heterocycles. The van der Waals surface area contributed by atoms with Gasteiger partial charge in [0.1, 0.15) is 0 Å². The molecule has 5 nitrogen and oxygen atoms in total. The van der Waals surface area contributed by atoms with Crippen molar-refractivity contribution in [1.29, 1.82) is 0 Å². The standard InChI is InChI=1S/C12H27NO4/c1-10(7-15-3)5-13-6-12(14)9-17-11(2)8-16-4/h10-14H,5-9H2,1-4H3. The maximum absolute atomic E-state index is 9.65. The second-order valence-electron chi connectivity index (χ2n) is 4.47. The maximum Gasteiger partial charge on any atom is 0.0897 e. The van der Waals surface area contributed by atoms with Gasteiger partial charge < -0.3 is 24.6 Å². The first-order chi connectivity index (χ1) is 8.10. The fraction of sp³-hybridized carbons (Fsp3) is 1.00. The molecule has 17 heavy (non-hydrogen) atoms. The highest BCUT2D eigenvalue weighted by molar-refractivity contribution is 4.62. The van der Waals surface area contributed by atoms with Crippen LogP contribution in [-0.4, -0.2) is 64.4 Å². The predicted octanol–water partition coefficient (Wildman–Crippen LogP) is 0.271. The highest BCUT2D eigenvalue weighted by atomic mass is 16.5. The van der Waals surface area contributed by atoms with Crippen molar-refractivity contribution in [3.05, 3.63) is 0 Å². The molecule has 0 fully saturated rings. The number of hydrogen-bond acceptors (Lipinski definition) is 5. The average Bonchev–Trinajstić information content (AvgIpc) is 2.27. The molecule has 0 aromatic rings. The molecule has 0 saturated heterocycles. The van der Waals surface area contributed by atoms with Gasteiger partial charge in [0.15, 0.2) is 0 Å². The van der Waals surface area contributed by atoms with Gasteiger partial charge in [-0.25, -0.2) is 0 Å². The Kier molecular flexibility index (Phi) is 10.8. The normalized spacial score (nSPS) is 16.8. The van der Waals surface area contributed by atoms with Crippen molar-refractivity contribution in [3.63, 3.8) is 0 Å². The van der Waals surface area contributed by atoms with E-state index in [9.17, 15) is 5.11 Å². The third-order valence-electron chi connectivity index (χ3n) is 2.30. The highest BCUT2D eigenvalue weighted by Gasteiger charge is 2.08. The molecule has 0 amide bonds. The predicted molar refractivity (Wildman–Crippen MR) is 67.2 cm³/mol. The first-order valence-corrected chi connectivity index (χ1v) is 6.08. The Balaban J connectivity index is 3.42. The van der Waals surface area contributed by atoms with Crippen molar-refractivity contribution >= 4 is 0 Å². The number of hydrogen-bond donors (Lipinski definition) is 2. The van der Waals surface area contributed by atoms with Gasteiger partial charge in [0, 0.05) is 27.4 Å². The van der Waals surface area contributed by atoms with Crippen molar-refractivity contribution in [1.82, 2.24) is 5.32 Å². The van der Waals surface area contributed by atoms with Gasteiger partial charge in [-0.15, -0.1) is 0 Å². The summed E-state index contributed by atoms with van der Waals surface area (Å²) in [4.78, 5) is 0. The zero-order valence-corrected chi connectivity index (χ0v) is 11.4. The fourth-order valence-electron chi connectivity index (χ4n) is 1.46. The smallest absolute Gasteiger partial charge is 0.0897 e. The van der Waals surface area contributed by atoms with E-state index in [-0.39, 0.29) is 6.10 Å². The molecule has 0 bridgehead atoms. The van der Waals surface area contributed by atoms with E-state index in [1.54, 1.807) is 14.2 Å². The number of aliphatic hydroxyl groups is 1. The highest BCUT2D eigenvalue weighted by Crippen LogP contribution is 1.95. The van der Waals surface area contributed by atoms with Crippen LogP contribution in [0.25, 0.3) is 0 Å². The van der Waals surface area contributed by atoms with E-state index in [1.165, 1.54) is 0 Å². The molecule has 0 radical (unpaired) electrons. The summed E-state index contributed by atoms with van der Waals surface area (Å²) >= 11 is 0. The molecule has 0 aliphatic heterocycles. The van der Waals surface area contributed by atoms with Crippen molar-refractivity contribution in [2.75, 3.05) is 47.1 Å². The van der Waals surface area contributed by atoms with E-state index in [1.807, 2.05) is 6.92 Å². The van der Waals surface area contributed by atoms with Crippen LogP contribution in [-0.2, 0) is 14.2 Å². The number of ether oxygens (including phenoxy) is 3. The van der Waals surface area contributed by atoms with Gasteiger partial charge in [-0.1, -0.05) is 6.92 Å². The first-order valence-electron chi connectivity index (χ1n) is 6.08. The lowest BCUT2D eigenvalue weighted by Gasteiger charge is -2.17. The van der Waals surface area contributed by atoms with Crippen molar-refractivity contribution in [3.8, 4) is 0 Å². The number of aliphatic hydroxyl groups excluding tert-OH is 1. The number of methoxy groups -OCH3 is 2. The summed E-state index contributed by atoms with van der Waals surface area (Å²) in [6, 6.07) is 0. The Hall–Kier alpha value is -0.200. The van der Waals surface area contributed by atoms with Gasteiger partial charge in [-0.3, -0.25) is 0 Å². The summed E-state index contributed by atoms with van der Waals surface area (Å²) in [6.45, 7) is 6.99. The van der Waals surface area contributed by atoms with E-state index in [4.69, 9.17) is 14.2 Å². The van der Waals surface area contributed by atoms with Crippen LogP contribution in [0.2, 0.25) is 0 Å². The third kappa shape index (κ3) is 10.7. The van der Waals surface area contributed by atoms with Crippen LogP contribution < -0.4 is 5.32 Å². The maximum atomic E-state index is 9.65. The lowest BCUT2D eigenvalue weighted by Crippen LogP contribution is -2.35. The van der Waals surface area contributed by atoms with E-state index < -0.39 is 6.10 Å². The molecular formula is C12H27NO4. The Morgan fingerprint density at radius 2 is 1.65 bits per heavy atom. The molecule has 3 atom stereocenters. The molecule has 0 aromatic heterocycles.